The quantitative estimate of drug-likeness (QED) is 0.426. The minimum atomic E-state index is -1.03. The third-order valence-corrected chi connectivity index (χ3v) is 3.97. The van der Waals surface area contributed by atoms with E-state index in [1.54, 1.807) is 6.92 Å². The SMILES string of the molecule is CCC(=CCCC(C)=CC(=O)O)CCC(O)C(C)(O)CC. The highest BCUT2D eigenvalue weighted by molar-refractivity contribution is 5.80. The topological polar surface area (TPSA) is 77.8 Å². The molecular weight excluding hydrogens is 268 g/mol. The van der Waals surface area contributed by atoms with Crippen molar-refractivity contribution in [2.75, 3.05) is 0 Å². The predicted octanol–water partition coefficient (Wildman–Crippen LogP) is 3.44. The van der Waals surface area contributed by atoms with E-state index in [9.17, 15) is 15.0 Å². The molecule has 0 saturated carbocycles. The van der Waals surface area contributed by atoms with Gasteiger partial charge in [-0.3, -0.25) is 0 Å². The summed E-state index contributed by atoms with van der Waals surface area (Å²) in [5.41, 5.74) is 1.06. The molecule has 4 nitrogen and oxygen atoms in total. The highest BCUT2D eigenvalue weighted by atomic mass is 16.4. The van der Waals surface area contributed by atoms with Crippen LogP contribution in [0.25, 0.3) is 0 Å². The van der Waals surface area contributed by atoms with E-state index < -0.39 is 17.7 Å². The Morgan fingerprint density at radius 2 is 1.90 bits per heavy atom. The Kier molecular flexibility index (Phi) is 9.22. The van der Waals surface area contributed by atoms with Crippen LogP contribution in [0.15, 0.2) is 23.3 Å². The van der Waals surface area contributed by atoms with Crippen molar-refractivity contribution < 1.29 is 20.1 Å². The van der Waals surface area contributed by atoms with E-state index in [1.807, 2.05) is 13.8 Å². The molecule has 0 aliphatic heterocycles. The first kappa shape index (κ1) is 19.9. The highest BCUT2D eigenvalue weighted by Crippen LogP contribution is 2.22. The van der Waals surface area contributed by atoms with Crippen LogP contribution in [0.2, 0.25) is 0 Å². The summed E-state index contributed by atoms with van der Waals surface area (Å²) >= 11 is 0. The molecule has 0 radical (unpaired) electrons. The second-order valence-electron chi connectivity index (χ2n) is 5.85. The van der Waals surface area contributed by atoms with Crippen molar-refractivity contribution in [2.24, 2.45) is 0 Å². The van der Waals surface area contributed by atoms with Gasteiger partial charge >= 0.3 is 5.97 Å². The smallest absolute Gasteiger partial charge is 0.328 e. The van der Waals surface area contributed by atoms with E-state index in [0.717, 1.165) is 31.3 Å². The Labute approximate surface area is 128 Å². The lowest BCUT2D eigenvalue weighted by atomic mass is 9.90. The Morgan fingerprint density at radius 3 is 2.38 bits per heavy atom. The summed E-state index contributed by atoms with van der Waals surface area (Å²) < 4.78 is 0. The molecule has 0 aliphatic rings. The van der Waals surface area contributed by atoms with Crippen molar-refractivity contribution >= 4 is 5.97 Å². The first-order valence-electron chi connectivity index (χ1n) is 7.71. The molecule has 2 unspecified atom stereocenters. The summed E-state index contributed by atoms with van der Waals surface area (Å²) in [6, 6.07) is 0. The predicted molar refractivity (Wildman–Crippen MR) is 85.2 cm³/mol. The normalized spacial score (nSPS) is 17.4. The van der Waals surface area contributed by atoms with Crippen LogP contribution in [0.1, 0.15) is 66.2 Å². The van der Waals surface area contributed by atoms with Crippen LogP contribution in [0.4, 0.5) is 0 Å². The first-order valence-corrected chi connectivity index (χ1v) is 7.71. The minimum Gasteiger partial charge on any atom is -0.478 e. The standard InChI is InChI=1S/C17H30O4/c1-5-14(9-7-8-13(3)12-16(19)20)10-11-15(18)17(4,21)6-2/h9,12,15,18,21H,5-8,10-11H2,1-4H3,(H,19,20). The molecule has 4 heteroatoms. The van der Waals surface area contributed by atoms with Gasteiger partial charge in [-0.2, -0.15) is 0 Å². The summed E-state index contributed by atoms with van der Waals surface area (Å²) in [4.78, 5) is 10.5. The molecule has 21 heavy (non-hydrogen) atoms. The van der Waals surface area contributed by atoms with Crippen LogP contribution in [0.3, 0.4) is 0 Å². The summed E-state index contributed by atoms with van der Waals surface area (Å²) in [5.74, 6) is -0.905. The second kappa shape index (κ2) is 9.74. The van der Waals surface area contributed by atoms with Crippen molar-refractivity contribution in [2.45, 2.75) is 77.9 Å². The average molecular weight is 298 g/mol. The first-order chi connectivity index (χ1) is 9.72. The maximum atomic E-state index is 10.5. The number of rotatable bonds is 10. The zero-order valence-corrected chi connectivity index (χ0v) is 13.7. The lowest BCUT2D eigenvalue weighted by Crippen LogP contribution is -2.38. The molecular formula is C17H30O4. The van der Waals surface area contributed by atoms with Crippen molar-refractivity contribution in [1.82, 2.24) is 0 Å². The van der Waals surface area contributed by atoms with Gasteiger partial charge in [0, 0.05) is 6.08 Å². The minimum absolute atomic E-state index is 0.526. The van der Waals surface area contributed by atoms with E-state index in [0.29, 0.717) is 12.8 Å². The molecule has 3 N–H and O–H groups in total. The van der Waals surface area contributed by atoms with E-state index in [2.05, 4.69) is 13.0 Å². The number of allylic oxidation sites excluding steroid dienone is 3. The van der Waals surface area contributed by atoms with Crippen LogP contribution in [-0.4, -0.2) is 33.0 Å². The highest BCUT2D eigenvalue weighted by Gasteiger charge is 2.27. The largest absolute Gasteiger partial charge is 0.478 e. The Morgan fingerprint density at radius 1 is 1.29 bits per heavy atom. The maximum Gasteiger partial charge on any atom is 0.328 e. The fourth-order valence-electron chi connectivity index (χ4n) is 2.08. The van der Waals surface area contributed by atoms with Gasteiger partial charge in [0.05, 0.1) is 11.7 Å². The number of carboxylic acids is 1. The molecule has 0 bridgehead atoms. The van der Waals surface area contributed by atoms with Crippen LogP contribution in [0.5, 0.6) is 0 Å². The van der Waals surface area contributed by atoms with Gasteiger partial charge in [-0.15, -0.1) is 0 Å². The van der Waals surface area contributed by atoms with Gasteiger partial charge in [-0.1, -0.05) is 31.1 Å². The Balaban J connectivity index is 4.33. The third kappa shape index (κ3) is 8.68. The molecule has 0 fully saturated rings. The van der Waals surface area contributed by atoms with Gasteiger partial charge in [0.15, 0.2) is 0 Å². The number of aliphatic carboxylic acids is 1. The molecule has 0 saturated heterocycles. The summed E-state index contributed by atoms with van der Waals surface area (Å²) in [7, 11) is 0. The molecule has 0 rings (SSSR count). The number of aliphatic hydroxyl groups is 2. The van der Waals surface area contributed by atoms with Gasteiger partial charge in [0.25, 0.3) is 0 Å². The molecule has 122 valence electrons. The van der Waals surface area contributed by atoms with Crippen molar-refractivity contribution in [1.29, 1.82) is 0 Å². The Bertz CT molecular complexity index is 380. The van der Waals surface area contributed by atoms with E-state index >= 15 is 0 Å². The van der Waals surface area contributed by atoms with Gasteiger partial charge < -0.3 is 15.3 Å². The van der Waals surface area contributed by atoms with Crippen LogP contribution < -0.4 is 0 Å². The van der Waals surface area contributed by atoms with E-state index in [-0.39, 0.29) is 0 Å². The summed E-state index contributed by atoms with van der Waals surface area (Å²) in [5, 5.41) is 28.6. The van der Waals surface area contributed by atoms with Gasteiger partial charge in [0.2, 0.25) is 0 Å². The number of hydrogen-bond acceptors (Lipinski definition) is 3. The van der Waals surface area contributed by atoms with Crippen molar-refractivity contribution in [3.8, 4) is 0 Å². The zero-order valence-electron chi connectivity index (χ0n) is 13.7. The third-order valence-electron chi connectivity index (χ3n) is 3.97. The van der Waals surface area contributed by atoms with Crippen LogP contribution in [-0.2, 0) is 4.79 Å². The molecule has 0 aromatic carbocycles. The molecule has 0 aliphatic carbocycles. The molecule has 0 aromatic rings. The zero-order chi connectivity index (χ0) is 16.5. The van der Waals surface area contributed by atoms with Gasteiger partial charge in [-0.25, -0.2) is 4.79 Å². The van der Waals surface area contributed by atoms with E-state index in [4.69, 9.17) is 5.11 Å². The molecule has 0 aromatic heterocycles. The maximum absolute atomic E-state index is 10.5. The fourth-order valence-corrected chi connectivity index (χ4v) is 2.08. The summed E-state index contributed by atoms with van der Waals surface area (Å²) in [6.45, 7) is 7.40. The van der Waals surface area contributed by atoms with Gasteiger partial charge in [-0.05, 0) is 52.4 Å². The van der Waals surface area contributed by atoms with Crippen LogP contribution in [0, 0.1) is 0 Å². The number of carboxylic acid groups (broad SMARTS) is 1. The Hall–Kier alpha value is -1.13. The number of hydrogen-bond donors (Lipinski definition) is 3. The lowest BCUT2D eigenvalue weighted by molar-refractivity contribution is -0.131. The molecule has 0 heterocycles. The molecule has 2 atom stereocenters. The van der Waals surface area contributed by atoms with Gasteiger partial charge in [0.1, 0.15) is 0 Å². The lowest BCUT2D eigenvalue weighted by Gasteiger charge is -2.28. The van der Waals surface area contributed by atoms with Crippen molar-refractivity contribution in [3.05, 3.63) is 23.3 Å². The molecule has 0 spiro atoms. The van der Waals surface area contributed by atoms with Crippen LogP contribution >= 0.6 is 0 Å². The van der Waals surface area contributed by atoms with E-state index in [1.165, 1.54) is 11.6 Å². The summed E-state index contributed by atoms with van der Waals surface area (Å²) in [6.07, 6.45) is 6.91. The average Bonchev–Trinajstić information content (AvgIpc) is 2.41. The monoisotopic (exact) mass is 298 g/mol. The second-order valence-corrected chi connectivity index (χ2v) is 5.85. The fraction of sp³-hybridized carbons (Fsp3) is 0.706. The number of carbonyl (C=O) groups is 1. The van der Waals surface area contributed by atoms with Crippen molar-refractivity contribution in [3.63, 3.8) is 0 Å². The molecule has 0 amide bonds. The number of aliphatic hydroxyl groups excluding tert-OH is 1.